The lowest BCUT2D eigenvalue weighted by Gasteiger charge is -2.10. The maximum atomic E-state index is 12.1. The highest BCUT2D eigenvalue weighted by Crippen LogP contribution is 2.27. The van der Waals surface area contributed by atoms with E-state index in [1.54, 1.807) is 24.3 Å². The number of carbonyl (C=O) groups is 2. The maximum Gasteiger partial charge on any atom is 0.251 e. The lowest BCUT2D eigenvalue weighted by atomic mass is 10.1. The predicted molar refractivity (Wildman–Crippen MR) is 100 cm³/mol. The summed E-state index contributed by atoms with van der Waals surface area (Å²) in [7, 11) is 3.01. The van der Waals surface area contributed by atoms with E-state index in [4.69, 9.17) is 21.1 Å². The number of hydrogen-bond acceptors (Lipinski definition) is 4. The van der Waals surface area contributed by atoms with E-state index in [2.05, 4.69) is 10.6 Å². The van der Waals surface area contributed by atoms with Gasteiger partial charge in [0.1, 0.15) is 0 Å². The predicted octanol–water partition coefficient (Wildman–Crippen LogP) is 2.45. The molecule has 0 aromatic heterocycles. The standard InChI is InChI=1S/C19H21ClN2O4/c1-25-16-7-6-14(11-17(16)26-2)19(24)22-12-18(23)21-9-8-13-4-3-5-15(20)10-13/h3-7,10-11H,8-9,12H2,1-2H3,(H,21,23)(H,22,24). The van der Waals surface area contributed by atoms with Gasteiger partial charge in [-0.05, 0) is 42.3 Å². The highest BCUT2D eigenvalue weighted by Gasteiger charge is 2.11. The van der Waals surface area contributed by atoms with Gasteiger partial charge in [0.25, 0.3) is 5.91 Å². The van der Waals surface area contributed by atoms with E-state index in [1.807, 2.05) is 18.2 Å². The van der Waals surface area contributed by atoms with Crippen LogP contribution >= 0.6 is 11.6 Å². The highest BCUT2D eigenvalue weighted by atomic mass is 35.5. The van der Waals surface area contributed by atoms with E-state index in [0.29, 0.717) is 35.1 Å². The fourth-order valence-corrected chi connectivity index (χ4v) is 2.55. The molecule has 0 fully saturated rings. The van der Waals surface area contributed by atoms with Gasteiger partial charge in [0, 0.05) is 17.1 Å². The molecule has 7 heteroatoms. The second kappa shape index (κ2) is 9.68. The molecule has 2 aromatic rings. The number of benzene rings is 2. The van der Waals surface area contributed by atoms with Crippen LogP contribution in [0.25, 0.3) is 0 Å². The Labute approximate surface area is 157 Å². The van der Waals surface area contributed by atoms with Crippen LogP contribution in [0.4, 0.5) is 0 Å². The molecule has 26 heavy (non-hydrogen) atoms. The van der Waals surface area contributed by atoms with Crippen LogP contribution < -0.4 is 20.1 Å². The SMILES string of the molecule is COc1ccc(C(=O)NCC(=O)NCCc2cccc(Cl)c2)cc1OC. The molecule has 0 aliphatic heterocycles. The van der Waals surface area contributed by atoms with Crippen LogP contribution in [0.2, 0.25) is 5.02 Å². The van der Waals surface area contributed by atoms with Crippen molar-refractivity contribution in [3.63, 3.8) is 0 Å². The topological polar surface area (TPSA) is 76.7 Å². The molecule has 0 saturated carbocycles. The molecule has 2 rings (SSSR count). The van der Waals surface area contributed by atoms with Crippen LogP contribution in [0.1, 0.15) is 15.9 Å². The van der Waals surface area contributed by atoms with Gasteiger partial charge in [0.15, 0.2) is 11.5 Å². The van der Waals surface area contributed by atoms with Crippen molar-refractivity contribution in [3.05, 3.63) is 58.6 Å². The normalized spacial score (nSPS) is 10.1. The average Bonchev–Trinajstić information content (AvgIpc) is 2.65. The van der Waals surface area contributed by atoms with Crippen molar-refractivity contribution in [2.75, 3.05) is 27.3 Å². The van der Waals surface area contributed by atoms with Gasteiger partial charge in [-0.25, -0.2) is 0 Å². The molecule has 0 heterocycles. The lowest BCUT2D eigenvalue weighted by Crippen LogP contribution is -2.37. The first-order chi connectivity index (χ1) is 12.5. The fourth-order valence-electron chi connectivity index (χ4n) is 2.34. The summed E-state index contributed by atoms with van der Waals surface area (Å²) in [6.45, 7) is 0.355. The van der Waals surface area contributed by atoms with Gasteiger partial charge in [-0.2, -0.15) is 0 Å². The molecule has 0 atom stereocenters. The number of methoxy groups -OCH3 is 2. The zero-order valence-electron chi connectivity index (χ0n) is 14.7. The number of ether oxygens (including phenoxy) is 2. The Kier molecular flexibility index (Phi) is 7.29. The quantitative estimate of drug-likeness (QED) is 0.742. The van der Waals surface area contributed by atoms with Gasteiger partial charge >= 0.3 is 0 Å². The minimum absolute atomic E-state index is 0.108. The summed E-state index contributed by atoms with van der Waals surface area (Å²) < 4.78 is 10.3. The molecule has 6 nitrogen and oxygen atoms in total. The van der Waals surface area contributed by atoms with Crippen molar-refractivity contribution in [2.45, 2.75) is 6.42 Å². The number of halogens is 1. The van der Waals surface area contributed by atoms with Crippen LogP contribution in [0.15, 0.2) is 42.5 Å². The summed E-state index contributed by atoms with van der Waals surface area (Å²) in [4.78, 5) is 24.0. The Morgan fingerprint density at radius 2 is 1.77 bits per heavy atom. The number of carbonyl (C=O) groups excluding carboxylic acids is 2. The van der Waals surface area contributed by atoms with Gasteiger partial charge < -0.3 is 20.1 Å². The Balaban J connectivity index is 1.78. The highest BCUT2D eigenvalue weighted by molar-refractivity contribution is 6.30. The monoisotopic (exact) mass is 376 g/mol. The van der Waals surface area contributed by atoms with Crippen LogP contribution in [0.5, 0.6) is 11.5 Å². The molecular formula is C19H21ClN2O4. The molecule has 2 amide bonds. The lowest BCUT2D eigenvalue weighted by molar-refractivity contribution is -0.120. The Bertz CT molecular complexity index is 780. The van der Waals surface area contributed by atoms with Crippen molar-refractivity contribution in [1.29, 1.82) is 0 Å². The molecule has 0 unspecified atom stereocenters. The third kappa shape index (κ3) is 5.67. The summed E-state index contributed by atoms with van der Waals surface area (Å²) >= 11 is 5.92. The van der Waals surface area contributed by atoms with Crippen LogP contribution in [0, 0.1) is 0 Å². The molecule has 0 saturated heterocycles. The van der Waals surface area contributed by atoms with E-state index < -0.39 is 0 Å². The zero-order chi connectivity index (χ0) is 18.9. The molecule has 0 aliphatic carbocycles. The first-order valence-corrected chi connectivity index (χ1v) is 8.42. The largest absolute Gasteiger partial charge is 0.493 e. The van der Waals surface area contributed by atoms with E-state index in [0.717, 1.165) is 5.56 Å². The van der Waals surface area contributed by atoms with Gasteiger partial charge in [0.2, 0.25) is 5.91 Å². The molecule has 0 spiro atoms. The molecule has 2 N–H and O–H groups in total. The molecular weight excluding hydrogens is 356 g/mol. The molecule has 0 aliphatic rings. The first kappa shape index (κ1) is 19.6. The number of rotatable bonds is 8. The number of amides is 2. The van der Waals surface area contributed by atoms with E-state index in [9.17, 15) is 9.59 Å². The van der Waals surface area contributed by atoms with Crippen LogP contribution in [-0.4, -0.2) is 39.1 Å². The summed E-state index contributed by atoms with van der Waals surface area (Å²) in [5.74, 6) is 0.353. The first-order valence-electron chi connectivity index (χ1n) is 8.05. The third-order valence-electron chi connectivity index (χ3n) is 3.68. The summed E-state index contributed by atoms with van der Waals surface area (Å²) in [5, 5.41) is 6.00. The molecule has 0 radical (unpaired) electrons. The van der Waals surface area contributed by atoms with E-state index in [1.165, 1.54) is 14.2 Å². The van der Waals surface area contributed by atoms with Crippen molar-refractivity contribution in [1.82, 2.24) is 10.6 Å². The van der Waals surface area contributed by atoms with Crippen LogP contribution in [-0.2, 0) is 11.2 Å². The van der Waals surface area contributed by atoms with Gasteiger partial charge in [-0.1, -0.05) is 23.7 Å². The molecule has 0 bridgehead atoms. The average molecular weight is 377 g/mol. The van der Waals surface area contributed by atoms with Crippen LogP contribution in [0.3, 0.4) is 0 Å². The fraction of sp³-hybridized carbons (Fsp3) is 0.263. The Hall–Kier alpha value is -2.73. The van der Waals surface area contributed by atoms with Crippen molar-refractivity contribution in [2.24, 2.45) is 0 Å². The van der Waals surface area contributed by atoms with Gasteiger partial charge in [-0.15, -0.1) is 0 Å². The maximum absolute atomic E-state index is 12.1. The van der Waals surface area contributed by atoms with E-state index in [-0.39, 0.29) is 18.4 Å². The minimum Gasteiger partial charge on any atom is -0.493 e. The summed E-state index contributed by atoms with van der Waals surface area (Å²) in [6, 6.07) is 12.3. The molecule has 138 valence electrons. The minimum atomic E-state index is -0.365. The third-order valence-corrected chi connectivity index (χ3v) is 3.92. The second-order valence-electron chi connectivity index (χ2n) is 5.48. The van der Waals surface area contributed by atoms with Crippen molar-refractivity contribution in [3.8, 4) is 11.5 Å². The summed E-state index contributed by atoms with van der Waals surface area (Å²) in [5.41, 5.74) is 1.42. The second-order valence-corrected chi connectivity index (χ2v) is 5.92. The van der Waals surface area contributed by atoms with Gasteiger partial charge in [0.05, 0.1) is 20.8 Å². The van der Waals surface area contributed by atoms with Crippen molar-refractivity contribution >= 4 is 23.4 Å². The zero-order valence-corrected chi connectivity index (χ0v) is 15.4. The van der Waals surface area contributed by atoms with E-state index >= 15 is 0 Å². The Morgan fingerprint density at radius 3 is 2.46 bits per heavy atom. The number of hydrogen-bond donors (Lipinski definition) is 2. The number of nitrogens with one attached hydrogen (secondary N) is 2. The smallest absolute Gasteiger partial charge is 0.251 e. The molecule has 2 aromatic carbocycles. The summed E-state index contributed by atoms with van der Waals surface area (Å²) in [6.07, 6.45) is 0.663. The Morgan fingerprint density at radius 1 is 1.00 bits per heavy atom. The van der Waals surface area contributed by atoms with Gasteiger partial charge in [-0.3, -0.25) is 9.59 Å². The van der Waals surface area contributed by atoms with Crippen molar-refractivity contribution < 1.29 is 19.1 Å².